The van der Waals surface area contributed by atoms with Gasteiger partial charge in [0.2, 0.25) is 27.7 Å². The Hall–Kier alpha value is -1.65. The minimum atomic E-state index is -3.68. The number of rotatable bonds is 7. The molecule has 9 nitrogen and oxygen atoms in total. The Morgan fingerprint density at radius 3 is 2.46 bits per heavy atom. The Kier molecular flexibility index (Phi) is 8.04. The third kappa shape index (κ3) is 5.03. The molecule has 0 aromatic carbocycles. The second kappa shape index (κ2) is 9.23. The van der Waals surface area contributed by atoms with E-state index in [1.807, 2.05) is 13.8 Å². The van der Waals surface area contributed by atoms with Gasteiger partial charge in [-0.15, -0.1) is 12.4 Å². The van der Waals surface area contributed by atoms with E-state index >= 15 is 0 Å². The first kappa shape index (κ1) is 24.4. The summed E-state index contributed by atoms with van der Waals surface area (Å²) in [7, 11) is -1.98. The average Bonchev–Trinajstić information content (AvgIpc) is 3.01. The molecule has 0 unspecified atom stereocenters. The fourth-order valence-corrected chi connectivity index (χ4v) is 5.22. The minimum absolute atomic E-state index is 0. The van der Waals surface area contributed by atoms with E-state index < -0.39 is 39.8 Å². The molecule has 0 saturated carbocycles. The van der Waals surface area contributed by atoms with E-state index in [0.29, 0.717) is 19.5 Å². The number of sulfonamides is 1. The molecule has 0 aromatic rings. The zero-order valence-corrected chi connectivity index (χ0v) is 18.2. The maximum Gasteiger partial charge on any atom is 0.246 e. The number of hydrogen-bond donors (Lipinski definition) is 1. The summed E-state index contributed by atoms with van der Waals surface area (Å²) in [4.78, 5) is 39.5. The van der Waals surface area contributed by atoms with E-state index in [1.54, 1.807) is 22.9 Å². The lowest BCUT2D eigenvalue weighted by Gasteiger charge is -2.28. The first-order chi connectivity index (χ1) is 12.4. The van der Waals surface area contributed by atoms with E-state index in [9.17, 15) is 22.8 Å². The summed E-state index contributed by atoms with van der Waals surface area (Å²) < 4.78 is 25.2. The molecule has 0 bridgehead atoms. The molecule has 0 radical (unpaired) electrons. The summed E-state index contributed by atoms with van der Waals surface area (Å²) in [6, 6.07) is -0.956. The SMILES string of the molecule is CC(C)[C@H]1C(=O)N(S(C)(=O)=O)[C@H]2CCN(C(=O)/C=C/CN(C)CC(N)=O)[C@H]12.Cl. The quantitative estimate of drug-likeness (QED) is 0.533. The monoisotopic (exact) mass is 436 g/mol. The number of hydrogen-bond acceptors (Lipinski definition) is 6. The van der Waals surface area contributed by atoms with Gasteiger partial charge in [0.15, 0.2) is 0 Å². The second-order valence-electron chi connectivity index (χ2n) is 7.61. The maximum atomic E-state index is 12.7. The molecule has 2 N–H and O–H groups in total. The zero-order chi connectivity index (χ0) is 20.5. The van der Waals surface area contributed by atoms with Crippen LogP contribution < -0.4 is 5.73 Å². The summed E-state index contributed by atoms with van der Waals surface area (Å²) in [6.45, 7) is 4.58. The van der Waals surface area contributed by atoms with Crippen LogP contribution in [-0.4, -0.2) is 85.3 Å². The number of likely N-dealkylation sites (N-methyl/N-ethyl adjacent to an activating group) is 1. The highest BCUT2D eigenvalue weighted by Crippen LogP contribution is 2.41. The molecular formula is C17H29ClN4O5S. The molecule has 2 aliphatic heterocycles. The lowest BCUT2D eigenvalue weighted by Crippen LogP contribution is -2.43. The molecule has 0 aliphatic carbocycles. The van der Waals surface area contributed by atoms with Crippen LogP contribution in [0.15, 0.2) is 12.2 Å². The van der Waals surface area contributed by atoms with Crippen LogP contribution in [0.4, 0.5) is 0 Å². The molecule has 11 heteroatoms. The van der Waals surface area contributed by atoms with Crippen LogP contribution in [0, 0.1) is 11.8 Å². The van der Waals surface area contributed by atoms with Gasteiger partial charge in [0.25, 0.3) is 0 Å². The van der Waals surface area contributed by atoms with Gasteiger partial charge >= 0.3 is 0 Å². The molecule has 0 aromatic heterocycles. The molecule has 2 fully saturated rings. The van der Waals surface area contributed by atoms with Crippen LogP contribution in [0.1, 0.15) is 20.3 Å². The van der Waals surface area contributed by atoms with Gasteiger partial charge in [-0.2, -0.15) is 0 Å². The van der Waals surface area contributed by atoms with Crippen LogP contribution in [0.3, 0.4) is 0 Å². The number of primary amides is 1. The number of amides is 3. The number of fused-ring (bicyclic) bond motifs is 1. The van der Waals surface area contributed by atoms with Crippen LogP contribution >= 0.6 is 12.4 Å². The lowest BCUT2D eigenvalue weighted by atomic mass is 9.88. The van der Waals surface area contributed by atoms with Crippen LogP contribution in [0.5, 0.6) is 0 Å². The van der Waals surface area contributed by atoms with Crippen molar-refractivity contribution in [2.75, 3.05) is 32.9 Å². The van der Waals surface area contributed by atoms with Crippen molar-refractivity contribution >= 4 is 40.2 Å². The number of carbonyl (C=O) groups excluding carboxylic acids is 3. The molecule has 2 aliphatic rings. The van der Waals surface area contributed by atoms with Gasteiger partial charge in [0.1, 0.15) is 0 Å². The topological polar surface area (TPSA) is 121 Å². The number of nitrogens with two attached hydrogens (primary N) is 1. The molecular weight excluding hydrogens is 408 g/mol. The van der Waals surface area contributed by atoms with Gasteiger partial charge in [-0.3, -0.25) is 19.3 Å². The lowest BCUT2D eigenvalue weighted by molar-refractivity contribution is -0.131. The van der Waals surface area contributed by atoms with E-state index in [1.165, 1.54) is 6.08 Å². The first-order valence-electron chi connectivity index (χ1n) is 8.92. The third-order valence-electron chi connectivity index (χ3n) is 5.05. The molecule has 0 spiro atoms. The molecule has 28 heavy (non-hydrogen) atoms. The molecule has 3 atom stereocenters. The molecule has 2 rings (SSSR count). The van der Waals surface area contributed by atoms with Gasteiger partial charge in [0.05, 0.1) is 30.8 Å². The molecule has 3 amide bonds. The zero-order valence-electron chi connectivity index (χ0n) is 16.6. The van der Waals surface area contributed by atoms with Crippen LogP contribution in [0.2, 0.25) is 0 Å². The normalized spacial score (nSPS) is 24.9. The van der Waals surface area contributed by atoms with E-state index in [0.717, 1.165) is 10.6 Å². The first-order valence-corrected chi connectivity index (χ1v) is 10.8. The Balaban J connectivity index is 0.00000392. The van der Waals surface area contributed by atoms with Crippen LogP contribution in [0.25, 0.3) is 0 Å². The maximum absolute atomic E-state index is 12.7. The van der Waals surface area contributed by atoms with Gasteiger partial charge < -0.3 is 10.6 Å². The van der Waals surface area contributed by atoms with Crippen LogP contribution in [-0.2, 0) is 24.4 Å². The van der Waals surface area contributed by atoms with Gasteiger partial charge in [-0.25, -0.2) is 12.7 Å². The van der Waals surface area contributed by atoms with E-state index in [2.05, 4.69) is 0 Å². The highest BCUT2D eigenvalue weighted by molar-refractivity contribution is 7.88. The van der Waals surface area contributed by atoms with Crippen molar-refractivity contribution < 1.29 is 22.8 Å². The largest absolute Gasteiger partial charge is 0.369 e. The van der Waals surface area contributed by atoms with Crippen molar-refractivity contribution in [1.29, 1.82) is 0 Å². The van der Waals surface area contributed by atoms with Crippen molar-refractivity contribution in [3.63, 3.8) is 0 Å². The van der Waals surface area contributed by atoms with E-state index in [4.69, 9.17) is 5.73 Å². The Morgan fingerprint density at radius 1 is 1.36 bits per heavy atom. The van der Waals surface area contributed by atoms with Gasteiger partial charge in [-0.1, -0.05) is 19.9 Å². The van der Waals surface area contributed by atoms with E-state index in [-0.39, 0.29) is 30.8 Å². The summed E-state index contributed by atoms with van der Waals surface area (Å²) in [5.41, 5.74) is 5.12. The molecule has 2 heterocycles. The highest BCUT2D eigenvalue weighted by atomic mass is 35.5. The number of likely N-dealkylation sites (tertiary alicyclic amines) is 1. The number of nitrogens with zero attached hydrogens (tertiary/aromatic N) is 3. The van der Waals surface area contributed by atoms with Crippen molar-refractivity contribution in [1.82, 2.24) is 14.1 Å². The van der Waals surface area contributed by atoms with Gasteiger partial charge in [0, 0.05) is 19.2 Å². The molecule has 160 valence electrons. The summed E-state index contributed by atoms with van der Waals surface area (Å²) in [5.74, 6) is -1.77. The van der Waals surface area contributed by atoms with Crippen molar-refractivity contribution in [2.45, 2.75) is 32.4 Å². The smallest absolute Gasteiger partial charge is 0.246 e. The van der Waals surface area contributed by atoms with Gasteiger partial charge in [-0.05, 0) is 19.4 Å². The molecule has 2 saturated heterocycles. The Morgan fingerprint density at radius 2 is 1.96 bits per heavy atom. The summed E-state index contributed by atoms with van der Waals surface area (Å²) in [6.07, 6.45) is 4.51. The Bertz CT molecular complexity index is 755. The summed E-state index contributed by atoms with van der Waals surface area (Å²) in [5, 5.41) is 0. The standard InChI is InChI=1S/C17H28N4O5S.ClH/c1-11(2)15-16-12(21(17(15)24)27(4,25)26)7-9-20(16)14(23)6-5-8-19(3)10-13(18)22;/h5-6,11-12,15-16H,7-10H2,1-4H3,(H2,18,22);1H/b6-5+;/t12-,15+,16-;/m0./s1. The number of carbonyl (C=O) groups is 3. The third-order valence-corrected chi connectivity index (χ3v) is 6.22. The fraction of sp³-hybridized carbons (Fsp3) is 0.706. The van der Waals surface area contributed by atoms with Crippen molar-refractivity contribution in [2.24, 2.45) is 17.6 Å². The Labute approximate surface area is 172 Å². The van der Waals surface area contributed by atoms with Crippen molar-refractivity contribution in [3.8, 4) is 0 Å². The fourth-order valence-electron chi connectivity index (χ4n) is 4.05. The number of halogens is 1. The predicted molar refractivity (Wildman–Crippen MR) is 107 cm³/mol. The summed E-state index contributed by atoms with van der Waals surface area (Å²) >= 11 is 0. The highest BCUT2D eigenvalue weighted by Gasteiger charge is 2.58. The predicted octanol–water partition coefficient (Wildman–Crippen LogP) is -0.575. The average molecular weight is 437 g/mol. The van der Waals surface area contributed by atoms with Crippen molar-refractivity contribution in [3.05, 3.63) is 12.2 Å². The minimum Gasteiger partial charge on any atom is -0.369 e. The second-order valence-corrected chi connectivity index (χ2v) is 9.47.